The van der Waals surface area contributed by atoms with Gasteiger partial charge in [-0.15, -0.1) is 0 Å². The number of halogens is 1. The summed E-state index contributed by atoms with van der Waals surface area (Å²) < 4.78 is 16.6. The van der Waals surface area contributed by atoms with Gasteiger partial charge in [-0.3, -0.25) is 9.09 Å². The predicted octanol–water partition coefficient (Wildman–Crippen LogP) is 4.25. The van der Waals surface area contributed by atoms with Crippen LogP contribution in [0.25, 0.3) is 0 Å². The third kappa shape index (κ3) is 3.16. The van der Waals surface area contributed by atoms with E-state index in [0.717, 1.165) is 5.56 Å². The van der Waals surface area contributed by atoms with Crippen molar-refractivity contribution < 1.29 is 14.0 Å². The van der Waals surface area contributed by atoms with Crippen LogP contribution in [0.2, 0.25) is 5.02 Å². The standard InChI is InChI=1S/C13H20ClO3P/c1-9(2)13(10(3)4,17-18(15)16)11-5-7-12(14)8-6-11/h5-10,18H,1-4H3,(H,15,16). The molecular weight excluding hydrogens is 271 g/mol. The SMILES string of the molecule is CC(C)C(O[PH](=O)O)(c1ccc(Cl)cc1)C(C)C. The highest BCUT2D eigenvalue weighted by Gasteiger charge is 2.41. The van der Waals surface area contributed by atoms with Crippen LogP contribution >= 0.6 is 19.9 Å². The zero-order valence-electron chi connectivity index (χ0n) is 11.1. The second kappa shape index (κ2) is 6.21. The topological polar surface area (TPSA) is 46.5 Å². The second-order valence-electron chi connectivity index (χ2n) is 4.98. The molecule has 1 atom stereocenters. The van der Waals surface area contributed by atoms with Crippen LogP contribution in [0.1, 0.15) is 33.3 Å². The Balaban J connectivity index is 3.33. The van der Waals surface area contributed by atoms with Crippen LogP contribution < -0.4 is 0 Å². The lowest BCUT2D eigenvalue weighted by molar-refractivity contribution is -0.0285. The van der Waals surface area contributed by atoms with Crippen LogP contribution in [0.3, 0.4) is 0 Å². The Kier molecular flexibility index (Phi) is 5.42. The predicted molar refractivity (Wildman–Crippen MR) is 75.1 cm³/mol. The Labute approximate surface area is 114 Å². The van der Waals surface area contributed by atoms with Crippen molar-refractivity contribution in [3.8, 4) is 0 Å². The third-order valence-electron chi connectivity index (χ3n) is 3.27. The van der Waals surface area contributed by atoms with Crippen LogP contribution in [-0.2, 0) is 14.7 Å². The molecule has 0 saturated heterocycles. The van der Waals surface area contributed by atoms with Crippen LogP contribution in [0.15, 0.2) is 24.3 Å². The molecule has 0 aliphatic heterocycles. The van der Waals surface area contributed by atoms with Crippen molar-refractivity contribution in [2.45, 2.75) is 33.3 Å². The van der Waals surface area contributed by atoms with E-state index in [9.17, 15) is 9.46 Å². The molecule has 3 nitrogen and oxygen atoms in total. The fourth-order valence-corrected chi connectivity index (χ4v) is 3.49. The Morgan fingerprint density at radius 2 is 1.61 bits per heavy atom. The van der Waals surface area contributed by atoms with Crippen LogP contribution in [0.5, 0.6) is 0 Å². The molecule has 0 aliphatic carbocycles. The molecule has 0 aliphatic rings. The maximum atomic E-state index is 11.2. The van der Waals surface area contributed by atoms with Gasteiger partial charge in [-0.1, -0.05) is 51.4 Å². The van der Waals surface area contributed by atoms with Crippen molar-refractivity contribution in [2.75, 3.05) is 0 Å². The number of benzene rings is 1. The minimum atomic E-state index is -3.02. The van der Waals surface area contributed by atoms with Crippen molar-refractivity contribution in [3.05, 3.63) is 34.9 Å². The minimum absolute atomic E-state index is 0.0692. The van der Waals surface area contributed by atoms with E-state index in [1.54, 1.807) is 12.1 Å². The minimum Gasteiger partial charge on any atom is -0.326 e. The molecule has 1 aromatic rings. The van der Waals surface area contributed by atoms with Gasteiger partial charge >= 0.3 is 8.25 Å². The molecule has 0 radical (unpaired) electrons. The lowest BCUT2D eigenvalue weighted by Crippen LogP contribution is -2.39. The summed E-state index contributed by atoms with van der Waals surface area (Å²) in [6, 6.07) is 7.25. The molecular formula is C13H20ClO3P. The fraction of sp³-hybridized carbons (Fsp3) is 0.538. The molecule has 18 heavy (non-hydrogen) atoms. The molecule has 0 spiro atoms. The van der Waals surface area contributed by atoms with Crippen LogP contribution in [-0.4, -0.2) is 4.89 Å². The van der Waals surface area contributed by atoms with Crippen molar-refractivity contribution in [2.24, 2.45) is 11.8 Å². The highest BCUT2D eigenvalue weighted by molar-refractivity contribution is 7.32. The Hall–Kier alpha value is -0.340. The van der Waals surface area contributed by atoms with Gasteiger partial charge in [0.05, 0.1) is 0 Å². The van der Waals surface area contributed by atoms with E-state index in [1.165, 1.54) is 0 Å². The van der Waals surface area contributed by atoms with Gasteiger partial charge in [0.2, 0.25) is 0 Å². The lowest BCUT2D eigenvalue weighted by Gasteiger charge is -2.40. The summed E-state index contributed by atoms with van der Waals surface area (Å²) >= 11 is 5.88. The second-order valence-corrected chi connectivity index (χ2v) is 6.15. The van der Waals surface area contributed by atoms with Gasteiger partial charge in [0.15, 0.2) is 0 Å². The van der Waals surface area contributed by atoms with Gasteiger partial charge < -0.3 is 4.89 Å². The van der Waals surface area contributed by atoms with Crippen LogP contribution in [0, 0.1) is 11.8 Å². The first-order valence-corrected chi connectivity index (χ1v) is 7.62. The molecule has 0 fully saturated rings. The zero-order valence-corrected chi connectivity index (χ0v) is 12.9. The largest absolute Gasteiger partial charge is 0.326 e. The van der Waals surface area contributed by atoms with Gasteiger partial charge in [-0.2, -0.15) is 0 Å². The molecule has 1 unspecified atom stereocenters. The highest BCUT2D eigenvalue weighted by atomic mass is 35.5. The Morgan fingerprint density at radius 1 is 1.17 bits per heavy atom. The van der Waals surface area contributed by atoms with Crippen molar-refractivity contribution >= 4 is 19.9 Å². The molecule has 1 rings (SSSR count). The molecule has 0 aromatic heterocycles. The quantitative estimate of drug-likeness (QED) is 0.825. The van der Waals surface area contributed by atoms with E-state index >= 15 is 0 Å². The zero-order chi connectivity index (χ0) is 13.9. The molecule has 0 heterocycles. The van der Waals surface area contributed by atoms with E-state index in [0.29, 0.717) is 5.02 Å². The van der Waals surface area contributed by atoms with Crippen molar-refractivity contribution in [1.82, 2.24) is 0 Å². The first-order valence-electron chi connectivity index (χ1n) is 5.98. The van der Waals surface area contributed by atoms with Gasteiger partial charge in [0, 0.05) is 5.02 Å². The third-order valence-corrected chi connectivity index (χ3v) is 4.03. The van der Waals surface area contributed by atoms with E-state index < -0.39 is 13.9 Å². The molecule has 1 aromatic carbocycles. The Morgan fingerprint density at radius 3 is 1.94 bits per heavy atom. The highest BCUT2D eigenvalue weighted by Crippen LogP contribution is 2.46. The normalized spacial score (nSPS) is 14.2. The summed E-state index contributed by atoms with van der Waals surface area (Å²) in [7, 11) is -3.02. The van der Waals surface area contributed by atoms with Gasteiger partial charge in [0.25, 0.3) is 0 Å². The molecule has 0 saturated carbocycles. The maximum Gasteiger partial charge on any atom is 0.317 e. The summed E-state index contributed by atoms with van der Waals surface area (Å²) in [4.78, 5) is 9.20. The lowest BCUT2D eigenvalue weighted by atomic mass is 9.75. The first-order chi connectivity index (χ1) is 8.30. The summed E-state index contributed by atoms with van der Waals surface area (Å²) in [5.41, 5.74) is 0.111. The molecule has 0 bridgehead atoms. The van der Waals surface area contributed by atoms with Crippen molar-refractivity contribution in [1.29, 1.82) is 0 Å². The van der Waals surface area contributed by atoms with Gasteiger partial charge in [-0.05, 0) is 29.5 Å². The maximum absolute atomic E-state index is 11.2. The Bertz CT molecular complexity index is 407. The number of hydrogen-bond donors (Lipinski definition) is 1. The van der Waals surface area contributed by atoms with E-state index in [1.807, 2.05) is 39.8 Å². The number of hydrogen-bond acceptors (Lipinski definition) is 2. The summed E-state index contributed by atoms with van der Waals surface area (Å²) in [6.07, 6.45) is 0. The molecule has 102 valence electrons. The average Bonchev–Trinajstić information content (AvgIpc) is 2.26. The molecule has 5 heteroatoms. The first kappa shape index (κ1) is 15.7. The summed E-state index contributed by atoms with van der Waals surface area (Å²) in [6.45, 7) is 7.94. The van der Waals surface area contributed by atoms with Gasteiger partial charge in [-0.25, -0.2) is 0 Å². The fourth-order valence-electron chi connectivity index (χ4n) is 2.48. The van der Waals surface area contributed by atoms with Gasteiger partial charge in [0.1, 0.15) is 5.60 Å². The monoisotopic (exact) mass is 290 g/mol. The number of rotatable bonds is 5. The van der Waals surface area contributed by atoms with Crippen molar-refractivity contribution in [3.63, 3.8) is 0 Å². The van der Waals surface area contributed by atoms with E-state index in [4.69, 9.17) is 16.1 Å². The van der Waals surface area contributed by atoms with Crippen LogP contribution in [0.4, 0.5) is 0 Å². The van der Waals surface area contributed by atoms with E-state index in [2.05, 4.69) is 0 Å². The summed E-state index contributed by atoms with van der Waals surface area (Å²) in [5.74, 6) is 0.138. The smallest absolute Gasteiger partial charge is 0.317 e. The summed E-state index contributed by atoms with van der Waals surface area (Å²) in [5, 5.41) is 0.636. The average molecular weight is 291 g/mol. The van der Waals surface area contributed by atoms with E-state index in [-0.39, 0.29) is 11.8 Å². The molecule has 1 N–H and O–H groups in total. The molecule has 0 amide bonds.